The van der Waals surface area contributed by atoms with E-state index in [9.17, 15) is 0 Å². The van der Waals surface area contributed by atoms with Gasteiger partial charge in [0.15, 0.2) is 11.5 Å². The summed E-state index contributed by atoms with van der Waals surface area (Å²) in [6, 6.07) is 2.17. The molecule has 1 saturated heterocycles. The Morgan fingerprint density at radius 3 is 2.75 bits per heavy atom. The number of fused-ring (bicyclic) bond motifs is 2. The number of nitrogens with zero attached hydrogens (tertiary/aromatic N) is 7. The molecule has 1 aliphatic heterocycles. The van der Waals surface area contributed by atoms with Crippen LogP contribution in [-0.4, -0.2) is 43.1 Å². The van der Waals surface area contributed by atoms with Gasteiger partial charge in [0.25, 0.3) is 0 Å². The zero-order valence-electron chi connectivity index (χ0n) is 13.6. The average Bonchev–Trinajstić information content (AvgIpc) is 3.32. The lowest BCUT2D eigenvalue weighted by Gasteiger charge is -2.30. The molecule has 5 rings (SSSR count). The predicted octanol–water partition coefficient (Wildman–Crippen LogP) is 2.16. The Balaban J connectivity index is 1.39. The van der Waals surface area contributed by atoms with Gasteiger partial charge in [-0.2, -0.15) is 9.61 Å². The molecule has 0 atom stereocenters. The molecule has 0 N–H and O–H groups in total. The molecule has 0 aromatic carbocycles. The Labute approximate surface area is 143 Å². The first-order valence-corrected chi connectivity index (χ1v) is 9.39. The molecule has 2 aliphatic rings. The van der Waals surface area contributed by atoms with Crippen LogP contribution < -0.4 is 4.90 Å². The van der Waals surface area contributed by atoms with Gasteiger partial charge in [-0.15, -0.1) is 20.4 Å². The van der Waals surface area contributed by atoms with Crippen LogP contribution in [0.4, 0.5) is 5.13 Å². The minimum Gasteiger partial charge on any atom is -0.347 e. The summed E-state index contributed by atoms with van der Waals surface area (Å²) in [5.41, 5.74) is 3.47. The first-order chi connectivity index (χ1) is 11.8. The van der Waals surface area contributed by atoms with Crippen molar-refractivity contribution in [2.45, 2.75) is 44.9 Å². The molecule has 24 heavy (non-hydrogen) atoms. The maximum atomic E-state index is 4.83. The summed E-state index contributed by atoms with van der Waals surface area (Å²) in [5, 5.41) is 24.1. The van der Waals surface area contributed by atoms with Gasteiger partial charge in [0.05, 0.1) is 5.69 Å². The molecule has 0 amide bonds. The summed E-state index contributed by atoms with van der Waals surface area (Å²) < 4.78 is 1.99. The van der Waals surface area contributed by atoms with Crippen molar-refractivity contribution in [3.8, 4) is 0 Å². The topological polar surface area (TPSA) is 72.1 Å². The van der Waals surface area contributed by atoms with E-state index in [4.69, 9.17) is 5.10 Å². The lowest BCUT2D eigenvalue weighted by atomic mass is 9.96. The Morgan fingerprint density at radius 2 is 1.96 bits per heavy atom. The molecule has 1 fully saturated rings. The van der Waals surface area contributed by atoms with Gasteiger partial charge in [-0.25, -0.2) is 0 Å². The summed E-state index contributed by atoms with van der Waals surface area (Å²) in [6.07, 6.45) is 5.52. The molecular formula is C16H19N7S. The van der Waals surface area contributed by atoms with Gasteiger partial charge in [-0.05, 0) is 50.7 Å². The number of hydrogen-bond acceptors (Lipinski definition) is 7. The molecule has 7 nitrogen and oxygen atoms in total. The highest BCUT2D eigenvalue weighted by Gasteiger charge is 2.27. The summed E-state index contributed by atoms with van der Waals surface area (Å²) in [4.78, 5) is 2.33. The molecule has 124 valence electrons. The normalized spacial score (nSPS) is 18.5. The number of hydrogen-bond donors (Lipinski definition) is 0. The Kier molecular flexibility index (Phi) is 3.26. The molecule has 0 spiro atoms. The molecule has 3 aromatic rings. The fourth-order valence-electron chi connectivity index (χ4n) is 3.79. The minimum absolute atomic E-state index is 0.414. The van der Waals surface area contributed by atoms with E-state index in [0.717, 1.165) is 60.4 Å². The van der Waals surface area contributed by atoms with Gasteiger partial charge in [0, 0.05) is 19.0 Å². The third kappa shape index (κ3) is 2.28. The maximum Gasteiger partial charge on any atom is 0.208 e. The summed E-state index contributed by atoms with van der Waals surface area (Å²) >= 11 is 1.67. The van der Waals surface area contributed by atoms with E-state index in [0.29, 0.717) is 5.92 Å². The zero-order valence-corrected chi connectivity index (χ0v) is 14.5. The van der Waals surface area contributed by atoms with Crippen LogP contribution in [0.5, 0.6) is 0 Å². The van der Waals surface area contributed by atoms with Crippen LogP contribution >= 0.6 is 11.3 Å². The van der Waals surface area contributed by atoms with E-state index in [2.05, 4.69) is 31.4 Å². The van der Waals surface area contributed by atoms with Gasteiger partial charge in [-0.3, -0.25) is 0 Å². The molecule has 0 unspecified atom stereocenters. The number of piperidine rings is 1. The molecule has 8 heteroatoms. The van der Waals surface area contributed by atoms with Crippen LogP contribution in [-0.2, 0) is 12.8 Å². The van der Waals surface area contributed by atoms with Crippen molar-refractivity contribution >= 4 is 22.1 Å². The van der Waals surface area contributed by atoms with Crippen LogP contribution in [0.3, 0.4) is 0 Å². The Bertz CT molecular complexity index is 891. The van der Waals surface area contributed by atoms with Crippen molar-refractivity contribution in [1.82, 2.24) is 30.0 Å². The van der Waals surface area contributed by atoms with E-state index < -0.39 is 0 Å². The third-order valence-electron chi connectivity index (χ3n) is 5.09. The van der Waals surface area contributed by atoms with Gasteiger partial charge >= 0.3 is 0 Å². The smallest absolute Gasteiger partial charge is 0.208 e. The van der Waals surface area contributed by atoms with Crippen LogP contribution in [0.25, 0.3) is 5.65 Å². The highest BCUT2D eigenvalue weighted by molar-refractivity contribution is 7.15. The van der Waals surface area contributed by atoms with Crippen LogP contribution in [0.2, 0.25) is 0 Å². The molecule has 1 aliphatic carbocycles. The molecular weight excluding hydrogens is 322 g/mol. The number of anilines is 1. The van der Waals surface area contributed by atoms with E-state index in [1.807, 2.05) is 11.4 Å². The quantitative estimate of drug-likeness (QED) is 0.711. The van der Waals surface area contributed by atoms with Crippen LogP contribution in [0, 0.1) is 6.92 Å². The van der Waals surface area contributed by atoms with E-state index in [-0.39, 0.29) is 0 Å². The number of aromatic nitrogens is 6. The lowest BCUT2D eigenvalue weighted by Crippen LogP contribution is -2.33. The maximum absolute atomic E-state index is 4.83. The molecule has 4 heterocycles. The molecule has 0 saturated carbocycles. The van der Waals surface area contributed by atoms with Crippen molar-refractivity contribution in [3.63, 3.8) is 0 Å². The Morgan fingerprint density at radius 1 is 1.08 bits per heavy atom. The Hall–Kier alpha value is -2.09. The van der Waals surface area contributed by atoms with Crippen molar-refractivity contribution in [2.75, 3.05) is 18.0 Å². The van der Waals surface area contributed by atoms with Gasteiger partial charge < -0.3 is 4.90 Å². The largest absolute Gasteiger partial charge is 0.347 e. The van der Waals surface area contributed by atoms with E-state index in [1.54, 1.807) is 11.3 Å². The highest BCUT2D eigenvalue weighted by Crippen LogP contribution is 2.31. The lowest BCUT2D eigenvalue weighted by molar-refractivity contribution is 0.475. The van der Waals surface area contributed by atoms with Crippen molar-refractivity contribution in [3.05, 3.63) is 28.2 Å². The van der Waals surface area contributed by atoms with E-state index in [1.165, 1.54) is 17.7 Å². The van der Waals surface area contributed by atoms with Gasteiger partial charge in [0.2, 0.25) is 5.13 Å². The van der Waals surface area contributed by atoms with Crippen LogP contribution in [0.15, 0.2) is 6.07 Å². The van der Waals surface area contributed by atoms with E-state index >= 15 is 0 Å². The SMILES string of the molecule is Cc1nnc(N2CCC(c3nnc4cc5c(nn34)CCC5)CC2)s1. The molecule has 0 bridgehead atoms. The standard InChI is InChI=1S/C16H19N7S/c1-10-17-20-16(24-10)22-7-5-11(6-8-22)15-19-18-14-9-12-3-2-4-13(12)21-23(14)15/h9,11H,2-8H2,1H3. The summed E-state index contributed by atoms with van der Waals surface area (Å²) in [5.74, 6) is 1.44. The number of rotatable bonds is 2. The first kappa shape index (κ1) is 14.3. The van der Waals surface area contributed by atoms with Crippen LogP contribution in [0.1, 0.15) is 47.3 Å². The summed E-state index contributed by atoms with van der Waals surface area (Å²) in [7, 11) is 0. The second-order valence-electron chi connectivity index (χ2n) is 6.66. The number of aryl methyl sites for hydroxylation is 3. The van der Waals surface area contributed by atoms with Gasteiger partial charge in [0.1, 0.15) is 5.01 Å². The average molecular weight is 341 g/mol. The zero-order chi connectivity index (χ0) is 16.1. The molecule has 0 radical (unpaired) electrons. The molecule has 3 aromatic heterocycles. The first-order valence-electron chi connectivity index (χ1n) is 8.57. The van der Waals surface area contributed by atoms with Crippen molar-refractivity contribution in [1.29, 1.82) is 0 Å². The summed E-state index contributed by atoms with van der Waals surface area (Å²) in [6.45, 7) is 3.97. The van der Waals surface area contributed by atoms with Crippen molar-refractivity contribution < 1.29 is 0 Å². The van der Waals surface area contributed by atoms with Crippen molar-refractivity contribution in [2.24, 2.45) is 0 Å². The minimum atomic E-state index is 0.414. The fourth-order valence-corrected chi connectivity index (χ4v) is 4.53. The monoisotopic (exact) mass is 341 g/mol. The van der Waals surface area contributed by atoms with Gasteiger partial charge in [-0.1, -0.05) is 11.3 Å². The fraction of sp³-hybridized carbons (Fsp3) is 0.562. The second kappa shape index (κ2) is 5.47. The highest BCUT2D eigenvalue weighted by atomic mass is 32.1. The third-order valence-corrected chi connectivity index (χ3v) is 5.99. The predicted molar refractivity (Wildman–Crippen MR) is 91.6 cm³/mol. The second-order valence-corrected chi connectivity index (χ2v) is 7.82.